The first-order chi connectivity index (χ1) is 9.80. The molecule has 2 rings (SSSR count). The minimum absolute atomic E-state index is 0.00658. The third-order valence-electron chi connectivity index (χ3n) is 2.83. The van der Waals surface area contributed by atoms with Crippen molar-refractivity contribution in [2.75, 3.05) is 5.32 Å². The van der Waals surface area contributed by atoms with E-state index in [-0.39, 0.29) is 17.1 Å². The summed E-state index contributed by atoms with van der Waals surface area (Å²) < 4.78 is 39.3. The first-order valence-corrected chi connectivity index (χ1v) is 7.38. The predicted octanol–water partition coefficient (Wildman–Crippen LogP) is 6.39. The Bertz CT molecular complexity index is 659. The number of nitrogens with one attached hydrogen (secondary N) is 1. The molecule has 0 aromatic heterocycles. The smallest absolute Gasteiger partial charge is 0.380 e. The van der Waals surface area contributed by atoms with Crippen molar-refractivity contribution >= 4 is 44.8 Å². The Balaban J connectivity index is 2.24. The third kappa shape index (κ3) is 3.84. The molecule has 0 aliphatic rings. The van der Waals surface area contributed by atoms with Crippen molar-refractivity contribution in [3.8, 4) is 0 Å². The Morgan fingerprint density at radius 2 is 1.67 bits per heavy atom. The van der Waals surface area contributed by atoms with Crippen LogP contribution in [0.1, 0.15) is 11.1 Å². The van der Waals surface area contributed by atoms with Gasteiger partial charge < -0.3 is 5.32 Å². The van der Waals surface area contributed by atoms with Crippen molar-refractivity contribution in [3.05, 3.63) is 62.0 Å². The van der Waals surface area contributed by atoms with E-state index in [0.717, 1.165) is 6.07 Å². The maximum absolute atomic E-state index is 12.9. The summed E-state index contributed by atoms with van der Waals surface area (Å²) in [5.41, 5.74) is -0.0567. The van der Waals surface area contributed by atoms with Gasteiger partial charge in [0.05, 0.1) is 21.3 Å². The summed E-state index contributed by atoms with van der Waals surface area (Å²) >= 11 is 15.2. The maximum atomic E-state index is 12.9. The topological polar surface area (TPSA) is 12.0 Å². The lowest BCUT2D eigenvalue weighted by atomic mass is 10.1. The molecule has 0 unspecified atom stereocenters. The van der Waals surface area contributed by atoms with Crippen LogP contribution in [0.25, 0.3) is 0 Å². The highest BCUT2D eigenvalue weighted by atomic mass is 79.9. The van der Waals surface area contributed by atoms with E-state index in [0.29, 0.717) is 15.2 Å². The molecule has 21 heavy (non-hydrogen) atoms. The van der Waals surface area contributed by atoms with Crippen LogP contribution in [0.5, 0.6) is 0 Å². The average Bonchev–Trinajstić information content (AvgIpc) is 2.43. The summed E-state index contributed by atoms with van der Waals surface area (Å²) in [7, 11) is 0. The molecule has 0 saturated heterocycles. The van der Waals surface area contributed by atoms with Crippen LogP contribution >= 0.6 is 39.1 Å². The van der Waals surface area contributed by atoms with Crippen LogP contribution in [0.15, 0.2) is 40.9 Å². The van der Waals surface area contributed by atoms with Gasteiger partial charge in [-0.3, -0.25) is 0 Å². The van der Waals surface area contributed by atoms with Gasteiger partial charge in [0.1, 0.15) is 0 Å². The molecule has 0 bridgehead atoms. The Morgan fingerprint density at radius 1 is 1.00 bits per heavy atom. The highest BCUT2D eigenvalue weighted by Crippen LogP contribution is 2.37. The standard InChI is InChI=1S/C14H9BrCl2F3N/c15-10-5-6-11(13(17)12(10)16)21-7-8-3-1-2-4-9(8)14(18,19)20/h1-6,21H,7H2. The van der Waals surface area contributed by atoms with Crippen molar-refractivity contribution < 1.29 is 13.2 Å². The van der Waals surface area contributed by atoms with Gasteiger partial charge in [-0.25, -0.2) is 0 Å². The number of rotatable bonds is 3. The second kappa shape index (κ2) is 6.46. The quantitative estimate of drug-likeness (QED) is 0.591. The zero-order valence-corrected chi connectivity index (χ0v) is 13.5. The Kier molecular flexibility index (Phi) is 5.07. The summed E-state index contributed by atoms with van der Waals surface area (Å²) in [4.78, 5) is 0. The number of benzene rings is 2. The molecule has 7 heteroatoms. The van der Waals surface area contributed by atoms with Gasteiger partial charge in [0.15, 0.2) is 0 Å². The molecule has 0 amide bonds. The van der Waals surface area contributed by atoms with E-state index in [9.17, 15) is 13.2 Å². The van der Waals surface area contributed by atoms with Crippen LogP contribution < -0.4 is 5.32 Å². The lowest BCUT2D eigenvalue weighted by molar-refractivity contribution is -0.138. The molecule has 0 fully saturated rings. The molecule has 2 aromatic rings. The van der Waals surface area contributed by atoms with E-state index in [1.165, 1.54) is 12.1 Å². The number of hydrogen-bond acceptors (Lipinski definition) is 1. The fourth-order valence-corrected chi connectivity index (χ4v) is 2.64. The molecular weight excluding hydrogens is 390 g/mol. The number of alkyl halides is 3. The first-order valence-electron chi connectivity index (χ1n) is 5.83. The normalized spacial score (nSPS) is 11.5. The summed E-state index contributed by atoms with van der Waals surface area (Å²) in [5.74, 6) is 0. The van der Waals surface area contributed by atoms with Gasteiger partial charge >= 0.3 is 6.18 Å². The molecule has 0 radical (unpaired) electrons. The molecule has 1 nitrogen and oxygen atoms in total. The van der Waals surface area contributed by atoms with Gasteiger partial charge in [0, 0.05) is 11.0 Å². The molecule has 112 valence electrons. The lowest BCUT2D eigenvalue weighted by Crippen LogP contribution is -2.11. The van der Waals surface area contributed by atoms with Crippen LogP contribution in [0, 0.1) is 0 Å². The molecule has 0 aliphatic carbocycles. The number of anilines is 1. The zero-order chi connectivity index (χ0) is 15.6. The van der Waals surface area contributed by atoms with Crippen molar-refractivity contribution in [2.24, 2.45) is 0 Å². The second-order valence-corrected chi connectivity index (χ2v) is 5.84. The molecule has 0 atom stereocenters. The van der Waals surface area contributed by atoms with Crippen LogP contribution in [0.3, 0.4) is 0 Å². The fourth-order valence-electron chi connectivity index (χ4n) is 1.80. The van der Waals surface area contributed by atoms with Gasteiger partial charge in [-0.1, -0.05) is 41.4 Å². The minimum atomic E-state index is -4.39. The number of hydrogen-bond donors (Lipinski definition) is 1. The van der Waals surface area contributed by atoms with Crippen molar-refractivity contribution in [3.63, 3.8) is 0 Å². The molecule has 0 heterocycles. The largest absolute Gasteiger partial charge is 0.416 e. The Labute approximate surface area is 138 Å². The monoisotopic (exact) mass is 397 g/mol. The molecular formula is C14H9BrCl2F3N. The minimum Gasteiger partial charge on any atom is -0.380 e. The van der Waals surface area contributed by atoms with E-state index in [2.05, 4.69) is 21.2 Å². The van der Waals surface area contributed by atoms with E-state index in [4.69, 9.17) is 23.2 Å². The number of halogens is 6. The second-order valence-electron chi connectivity index (χ2n) is 4.23. The Hall–Kier alpha value is -0.910. The fraction of sp³-hybridized carbons (Fsp3) is 0.143. The van der Waals surface area contributed by atoms with E-state index in [1.807, 2.05) is 0 Å². The van der Waals surface area contributed by atoms with Crippen molar-refractivity contribution in [1.82, 2.24) is 0 Å². The van der Waals surface area contributed by atoms with Gasteiger partial charge in [0.25, 0.3) is 0 Å². The lowest BCUT2D eigenvalue weighted by Gasteiger charge is -2.15. The highest BCUT2D eigenvalue weighted by molar-refractivity contribution is 9.10. The van der Waals surface area contributed by atoms with Crippen LogP contribution in [-0.4, -0.2) is 0 Å². The molecule has 0 spiro atoms. The van der Waals surface area contributed by atoms with Crippen LogP contribution in [0.2, 0.25) is 10.0 Å². The van der Waals surface area contributed by atoms with Crippen molar-refractivity contribution in [2.45, 2.75) is 12.7 Å². The van der Waals surface area contributed by atoms with Gasteiger partial charge in [-0.15, -0.1) is 0 Å². The summed E-state index contributed by atoms with van der Waals surface area (Å²) in [5, 5.41) is 3.44. The van der Waals surface area contributed by atoms with Gasteiger partial charge in [0.2, 0.25) is 0 Å². The molecule has 1 N–H and O–H groups in total. The van der Waals surface area contributed by atoms with E-state index < -0.39 is 11.7 Å². The van der Waals surface area contributed by atoms with Crippen LogP contribution in [0.4, 0.5) is 18.9 Å². The zero-order valence-electron chi connectivity index (χ0n) is 10.4. The maximum Gasteiger partial charge on any atom is 0.416 e. The average molecular weight is 399 g/mol. The first kappa shape index (κ1) is 16.5. The van der Waals surface area contributed by atoms with E-state index in [1.54, 1.807) is 18.2 Å². The summed E-state index contributed by atoms with van der Waals surface area (Å²) in [6.45, 7) is -0.00658. The highest BCUT2D eigenvalue weighted by Gasteiger charge is 2.32. The third-order valence-corrected chi connectivity index (χ3v) is 4.60. The van der Waals surface area contributed by atoms with Gasteiger partial charge in [-0.05, 0) is 39.7 Å². The predicted molar refractivity (Wildman–Crippen MR) is 82.9 cm³/mol. The molecule has 2 aromatic carbocycles. The molecule has 0 saturated carbocycles. The van der Waals surface area contributed by atoms with Crippen LogP contribution in [-0.2, 0) is 12.7 Å². The summed E-state index contributed by atoms with van der Waals surface area (Å²) in [6, 6.07) is 8.70. The Morgan fingerprint density at radius 3 is 2.33 bits per heavy atom. The van der Waals surface area contributed by atoms with Gasteiger partial charge in [-0.2, -0.15) is 13.2 Å². The SMILES string of the molecule is FC(F)(F)c1ccccc1CNc1ccc(Br)c(Cl)c1Cl. The van der Waals surface area contributed by atoms with Crippen molar-refractivity contribution in [1.29, 1.82) is 0 Å². The molecule has 0 aliphatic heterocycles. The summed E-state index contributed by atoms with van der Waals surface area (Å²) in [6.07, 6.45) is -4.39. The van der Waals surface area contributed by atoms with E-state index >= 15 is 0 Å².